The second kappa shape index (κ2) is 5.45. The van der Waals surface area contributed by atoms with Gasteiger partial charge in [0.15, 0.2) is 0 Å². The Balaban J connectivity index is 2.52. The van der Waals surface area contributed by atoms with Crippen molar-refractivity contribution in [1.82, 2.24) is 4.90 Å². The molecule has 0 bridgehead atoms. The van der Waals surface area contributed by atoms with E-state index in [1.165, 1.54) is 11.1 Å². The molecule has 0 aliphatic rings. The van der Waals surface area contributed by atoms with Crippen molar-refractivity contribution >= 4 is 0 Å². The van der Waals surface area contributed by atoms with Crippen LogP contribution in [0.4, 0.5) is 0 Å². The highest BCUT2D eigenvalue weighted by atomic mass is 16.3. The van der Waals surface area contributed by atoms with Crippen molar-refractivity contribution in [2.75, 3.05) is 14.1 Å². The van der Waals surface area contributed by atoms with Gasteiger partial charge in [-0.2, -0.15) is 0 Å². The van der Waals surface area contributed by atoms with Crippen LogP contribution in [0.15, 0.2) is 42.5 Å². The van der Waals surface area contributed by atoms with Crippen LogP contribution < -0.4 is 0 Å². The summed E-state index contributed by atoms with van der Waals surface area (Å²) in [6.07, 6.45) is 0. The molecule has 0 saturated heterocycles. The van der Waals surface area contributed by atoms with Crippen LogP contribution in [0.1, 0.15) is 28.3 Å². The maximum absolute atomic E-state index is 9.91. The number of aryl methyl sites for hydroxylation is 2. The third-order valence-corrected chi connectivity index (χ3v) is 3.46. The summed E-state index contributed by atoms with van der Waals surface area (Å²) in [5.41, 5.74) is 4.33. The Morgan fingerprint density at radius 1 is 0.895 bits per heavy atom. The second-order valence-electron chi connectivity index (χ2n) is 5.28. The van der Waals surface area contributed by atoms with Crippen molar-refractivity contribution < 1.29 is 5.11 Å². The van der Waals surface area contributed by atoms with Crippen molar-refractivity contribution in [2.45, 2.75) is 19.9 Å². The van der Waals surface area contributed by atoms with Gasteiger partial charge in [-0.1, -0.05) is 42.5 Å². The number of hydrogen-bond acceptors (Lipinski definition) is 2. The van der Waals surface area contributed by atoms with E-state index in [9.17, 15) is 5.11 Å². The molecule has 0 radical (unpaired) electrons. The molecule has 2 rings (SSSR count). The SMILES string of the molecule is Cc1cc([C@@H](c2ccccc2)N(C)C)cc(C)c1O. The Morgan fingerprint density at radius 2 is 1.42 bits per heavy atom. The van der Waals surface area contributed by atoms with Gasteiger partial charge in [0.25, 0.3) is 0 Å². The summed E-state index contributed by atoms with van der Waals surface area (Å²) in [6, 6.07) is 14.8. The minimum Gasteiger partial charge on any atom is -0.507 e. The summed E-state index contributed by atoms with van der Waals surface area (Å²) in [6.45, 7) is 3.90. The minimum absolute atomic E-state index is 0.208. The predicted molar refractivity (Wildman–Crippen MR) is 79.6 cm³/mol. The number of nitrogens with zero attached hydrogens (tertiary/aromatic N) is 1. The van der Waals surface area contributed by atoms with Crippen LogP contribution in [0.25, 0.3) is 0 Å². The van der Waals surface area contributed by atoms with E-state index in [0.717, 1.165) is 11.1 Å². The Hall–Kier alpha value is -1.80. The fraction of sp³-hybridized carbons (Fsp3) is 0.294. The molecule has 0 unspecified atom stereocenters. The molecular weight excluding hydrogens is 234 g/mol. The van der Waals surface area contributed by atoms with Gasteiger partial charge in [0.05, 0.1) is 6.04 Å². The highest BCUT2D eigenvalue weighted by Crippen LogP contribution is 2.31. The summed E-state index contributed by atoms with van der Waals surface area (Å²) in [7, 11) is 4.16. The number of benzene rings is 2. The van der Waals surface area contributed by atoms with Crippen LogP contribution in [0.5, 0.6) is 5.75 Å². The van der Waals surface area contributed by atoms with Crippen LogP contribution >= 0.6 is 0 Å². The largest absolute Gasteiger partial charge is 0.507 e. The molecule has 19 heavy (non-hydrogen) atoms. The van der Waals surface area contributed by atoms with E-state index < -0.39 is 0 Å². The van der Waals surface area contributed by atoms with Crippen LogP contribution in [-0.4, -0.2) is 24.1 Å². The first-order valence-electron chi connectivity index (χ1n) is 6.52. The Bertz CT molecular complexity index is 538. The Morgan fingerprint density at radius 3 is 1.89 bits per heavy atom. The lowest BCUT2D eigenvalue weighted by atomic mass is 9.94. The summed E-state index contributed by atoms with van der Waals surface area (Å²) in [5.74, 6) is 0.398. The van der Waals surface area contributed by atoms with Crippen molar-refractivity contribution in [3.8, 4) is 5.75 Å². The fourth-order valence-corrected chi connectivity index (χ4v) is 2.57. The average molecular weight is 255 g/mol. The van der Waals surface area contributed by atoms with Crippen LogP contribution in [0.3, 0.4) is 0 Å². The number of phenols is 1. The molecule has 100 valence electrons. The Kier molecular flexibility index (Phi) is 3.91. The third kappa shape index (κ3) is 2.79. The van der Waals surface area contributed by atoms with Crippen molar-refractivity contribution in [3.63, 3.8) is 0 Å². The highest BCUT2D eigenvalue weighted by molar-refractivity contribution is 5.45. The normalized spacial score (nSPS) is 12.7. The molecule has 1 N–H and O–H groups in total. The smallest absolute Gasteiger partial charge is 0.121 e. The predicted octanol–water partition coefficient (Wildman–Crippen LogP) is 3.66. The van der Waals surface area contributed by atoms with E-state index in [1.807, 2.05) is 19.9 Å². The summed E-state index contributed by atoms with van der Waals surface area (Å²) in [5, 5.41) is 9.91. The lowest BCUT2D eigenvalue weighted by Crippen LogP contribution is -2.21. The molecule has 0 aliphatic carbocycles. The van der Waals surface area contributed by atoms with Crippen molar-refractivity contribution in [3.05, 3.63) is 64.7 Å². The van der Waals surface area contributed by atoms with E-state index >= 15 is 0 Å². The van der Waals surface area contributed by atoms with Crippen molar-refractivity contribution in [2.24, 2.45) is 0 Å². The van der Waals surface area contributed by atoms with Gasteiger partial charge in [-0.25, -0.2) is 0 Å². The van der Waals surface area contributed by atoms with E-state index in [0.29, 0.717) is 5.75 Å². The third-order valence-electron chi connectivity index (χ3n) is 3.46. The highest BCUT2D eigenvalue weighted by Gasteiger charge is 2.18. The molecule has 1 atom stereocenters. The maximum atomic E-state index is 9.91. The molecule has 2 heteroatoms. The maximum Gasteiger partial charge on any atom is 0.121 e. The Labute approximate surface area is 115 Å². The number of hydrogen-bond donors (Lipinski definition) is 1. The van der Waals surface area contributed by atoms with Gasteiger partial charge >= 0.3 is 0 Å². The first-order valence-corrected chi connectivity index (χ1v) is 6.52. The topological polar surface area (TPSA) is 23.5 Å². The first-order chi connectivity index (χ1) is 9.00. The minimum atomic E-state index is 0.208. The fourth-order valence-electron chi connectivity index (χ4n) is 2.57. The van der Waals surface area contributed by atoms with Gasteiger partial charge in [0, 0.05) is 0 Å². The quantitative estimate of drug-likeness (QED) is 0.904. The van der Waals surface area contributed by atoms with E-state index in [1.54, 1.807) is 0 Å². The first kappa shape index (κ1) is 13.6. The number of phenolic OH excluding ortho intramolecular Hbond substituents is 1. The molecular formula is C17H21NO. The molecule has 0 heterocycles. The standard InChI is InChI=1S/C17H21NO/c1-12-10-15(11-13(2)17(12)19)16(18(3)4)14-8-6-5-7-9-14/h5-11,16,19H,1-4H3/t16-/m1/s1. The van der Waals surface area contributed by atoms with E-state index in [4.69, 9.17) is 0 Å². The van der Waals surface area contributed by atoms with Gasteiger partial charge in [-0.15, -0.1) is 0 Å². The molecule has 0 aromatic heterocycles. The molecule has 0 saturated carbocycles. The van der Waals surface area contributed by atoms with Gasteiger partial charge < -0.3 is 5.11 Å². The zero-order valence-corrected chi connectivity index (χ0v) is 12.0. The van der Waals surface area contributed by atoms with Gasteiger partial charge in [0.2, 0.25) is 0 Å². The van der Waals surface area contributed by atoms with Crippen molar-refractivity contribution in [1.29, 1.82) is 0 Å². The zero-order chi connectivity index (χ0) is 14.0. The number of rotatable bonds is 3. The summed E-state index contributed by atoms with van der Waals surface area (Å²) in [4.78, 5) is 2.20. The lowest BCUT2D eigenvalue weighted by molar-refractivity contribution is 0.341. The lowest BCUT2D eigenvalue weighted by Gasteiger charge is -2.26. The summed E-state index contributed by atoms with van der Waals surface area (Å²) >= 11 is 0. The average Bonchev–Trinajstić information content (AvgIpc) is 2.37. The second-order valence-corrected chi connectivity index (χ2v) is 5.28. The van der Waals surface area contributed by atoms with Crippen LogP contribution in [0.2, 0.25) is 0 Å². The molecule has 0 aliphatic heterocycles. The molecule has 2 aromatic rings. The van der Waals surface area contributed by atoms with Crippen LogP contribution in [-0.2, 0) is 0 Å². The number of aromatic hydroxyl groups is 1. The monoisotopic (exact) mass is 255 g/mol. The van der Waals surface area contributed by atoms with E-state index in [2.05, 4.69) is 55.4 Å². The summed E-state index contributed by atoms with van der Waals surface area (Å²) < 4.78 is 0. The van der Waals surface area contributed by atoms with Gasteiger partial charge in [0.1, 0.15) is 5.75 Å². The van der Waals surface area contributed by atoms with Crippen LogP contribution in [0, 0.1) is 13.8 Å². The molecule has 0 fully saturated rings. The molecule has 0 spiro atoms. The molecule has 2 aromatic carbocycles. The molecule has 2 nitrogen and oxygen atoms in total. The van der Waals surface area contributed by atoms with E-state index in [-0.39, 0.29) is 6.04 Å². The van der Waals surface area contributed by atoms with Gasteiger partial charge in [-0.05, 0) is 50.2 Å². The van der Waals surface area contributed by atoms with Gasteiger partial charge in [-0.3, -0.25) is 4.90 Å². The zero-order valence-electron chi connectivity index (χ0n) is 12.0. The molecule has 0 amide bonds.